The third kappa shape index (κ3) is 4.99. The molecule has 0 fully saturated rings. The van der Waals surface area contributed by atoms with Crippen LogP contribution in [0.5, 0.6) is 0 Å². The van der Waals surface area contributed by atoms with Crippen molar-refractivity contribution in [3.63, 3.8) is 0 Å². The molecule has 29 heavy (non-hydrogen) atoms. The molecule has 9 heteroatoms. The number of hydrogen-bond donors (Lipinski definition) is 1. The van der Waals surface area contributed by atoms with E-state index in [1.807, 2.05) is 0 Å². The number of sulfone groups is 1. The average Bonchev–Trinajstić information content (AvgIpc) is 3.08. The van der Waals surface area contributed by atoms with E-state index in [-0.39, 0.29) is 23.0 Å². The summed E-state index contributed by atoms with van der Waals surface area (Å²) in [6, 6.07) is 9.92. The Kier molecular flexibility index (Phi) is 6.65. The number of nitrogens with zero attached hydrogens (tertiary/aromatic N) is 1. The molecule has 0 atom stereocenters. The Morgan fingerprint density at radius 2 is 2.00 bits per heavy atom. The van der Waals surface area contributed by atoms with Gasteiger partial charge in [0.25, 0.3) is 0 Å². The summed E-state index contributed by atoms with van der Waals surface area (Å²) in [6.45, 7) is 2.31. The van der Waals surface area contributed by atoms with Crippen molar-refractivity contribution in [1.82, 2.24) is 0 Å². The smallest absolute Gasteiger partial charge is 0.226 e. The van der Waals surface area contributed by atoms with Crippen molar-refractivity contribution in [2.45, 2.75) is 31.1 Å². The molecule has 1 N–H and O–H groups in total. The van der Waals surface area contributed by atoms with E-state index in [0.717, 1.165) is 5.56 Å². The number of anilines is 2. The SMILES string of the molecule is CCC(=O)N1CCc2cc(Br)c(S(=O)(=O)CCC(=O)Nc3cccc(Cl)c3)cc21. The van der Waals surface area contributed by atoms with Gasteiger partial charge in [0.15, 0.2) is 9.84 Å². The maximum atomic E-state index is 12.9. The van der Waals surface area contributed by atoms with Crippen LogP contribution >= 0.6 is 27.5 Å². The van der Waals surface area contributed by atoms with Crippen molar-refractivity contribution < 1.29 is 18.0 Å². The molecule has 2 aromatic rings. The second-order valence-corrected chi connectivity index (χ2v) is 10.1. The van der Waals surface area contributed by atoms with Crippen LogP contribution in [0.1, 0.15) is 25.3 Å². The maximum Gasteiger partial charge on any atom is 0.226 e. The zero-order valence-corrected chi connectivity index (χ0v) is 18.9. The van der Waals surface area contributed by atoms with E-state index < -0.39 is 15.7 Å². The van der Waals surface area contributed by atoms with Crippen LogP contribution in [0.4, 0.5) is 11.4 Å². The van der Waals surface area contributed by atoms with Gasteiger partial charge in [-0.2, -0.15) is 0 Å². The molecular weight excluding hydrogens is 480 g/mol. The monoisotopic (exact) mass is 498 g/mol. The van der Waals surface area contributed by atoms with Gasteiger partial charge < -0.3 is 10.2 Å². The molecule has 0 saturated carbocycles. The number of benzene rings is 2. The maximum absolute atomic E-state index is 12.9. The summed E-state index contributed by atoms with van der Waals surface area (Å²) < 4.78 is 26.2. The lowest BCUT2D eigenvalue weighted by Gasteiger charge is -2.18. The number of carbonyl (C=O) groups excluding carboxylic acids is 2. The van der Waals surface area contributed by atoms with Crippen molar-refractivity contribution in [2.75, 3.05) is 22.5 Å². The van der Waals surface area contributed by atoms with Crippen molar-refractivity contribution in [3.8, 4) is 0 Å². The predicted molar refractivity (Wildman–Crippen MR) is 117 cm³/mol. The third-order valence-electron chi connectivity index (χ3n) is 4.67. The fraction of sp³-hybridized carbons (Fsp3) is 0.300. The minimum Gasteiger partial charge on any atom is -0.326 e. The normalized spacial score (nSPS) is 13.3. The Labute approximate surface area is 183 Å². The molecule has 0 bridgehead atoms. The molecular formula is C20H20BrClN2O4S. The summed E-state index contributed by atoms with van der Waals surface area (Å²) in [7, 11) is -3.74. The first-order valence-electron chi connectivity index (χ1n) is 9.12. The highest BCUT2D eigenvalue weighted by molar-refractivity contribution is 9.10. The number of carbonyl (C=O) groups is 2. The van der Waals surface area contributed by atoms with Gasteiger partial charge >= 0.3 is 0 Å². The fourth-order valence-corrected chi connectivity index (χ4v) is 5.85. The second-order valence-electron chi connectivity index (χ2n) is 6.69. The van der Waals surface area contributed by atoms with Crippen molar-refractivity contribution >= 4 is 60.6 Å². The average molecular weight is 500 g/mol. The molecule has 0 radical (unpaired) electrons. The Balaban J connectivity index is 1.76. The van der Waals surface area contributed by atoms with Crippen LogP contribution in [-0.2, 0) is 25.8 Å². The first-order valence-corrected chi connectivity index (χ1v) is 11.9. The summed E-state index contributed by atoms with van der Waals surface area (Å²) in [5, 5.41) is 3.12. The summed E-state index contributed by atoms with van der Waals surface area (Å²) in [6.07, 6.45) is 0.833. The molecule has 0 aliphatic carbocycles. The van der Waals surface area contributed by atoms with Gasteiger partial charge in [0.2, 0.25) is 11.8 Å². The topological polar surface area (TPSA) is 83.6 Å². The van der Waals surface area contributed by atoms with Gasteiger partial charge in [-0.25, -0.2) is 8.42 Å². The lowest BCUT2D eigenvalue weighted by atomic mass is 10.2. The van der Waals surface area contributed by atoms with Crippen LogP contribution < -0.4 is 10.2 Å². The zero-order chi connectivity index (χ0) is 21.2. The van der Waals surface area contributed by atoms with Gasteiger partial charge in [0, 0.05) is 40.3 Å². The quantitative estimate of drug-likeness (QED) is 0.645. The van der Waals surface area contributed by atoms with Crippen molar-refractivity contribution in [3.05, 3.63) is 51.5 Å². The molecule has 0 aromatic heterocycles. The highest BCUT2D eigenvalue weighted by Gasteiger charge is 2.28. The first kappa shape index (κ1) is 21.8. The lowest BCUT2D eigenvalue weighted by molar-refractivity contribution is -0.118. The van der Waals surface area contributed by atoms with Gasteiger partial charge in [-0.3, -0.25) is 9.59 Å². The van der Waals surface area contributed by atoms with Crippen LogP contribution in [0.2, 0.25) is 5.02 Å². The highest BCUT2D eigenvalue weighted by Crippen LogP contribution is 2.36. The van der Waals surface area contributed by atoms with E-state index in [0.29, 0.717) is 40.3 Å². The predicted octanol–water partition coefficient (Wildman–Crippen LogP) is 4.20. The number of hydrogen-bond acceptors (Lipinski definition) is 4. The summed E-state index contributed by atoms with van der Waals surface area (Å²) in [5.74, 6) is -0.815. The molecule has 6 nitrogen and oxygen atoms in total. The van der Waals surface area contributed by atoms with Crippen molar-refractivity contribution in [2.24, 2.45) is 0 Å². The number of rotatable bonds is 6. The summed E-state index contributed by atoms with van der Waals surface area (Å²) >= 11 is 9.22. The Morgan fingerprint density at radius 1 is 1.24 bits per heavy atom. The molecule has 3 rings (SSSR count). The third-order valence-corrected chi connectivity index (χ3v) is 7.58. The molecule has 154 valence electrons. The van der Waals surface area contributed by atoms with E-state index in [1.165, 1.54) is 6.07 Å². The number of amides is 2. The largest absolute Gasteiger partial charge is 0.326 e. The van der Waals surface area contributed by atoms with E-state index in [2.05, 4.69) is 21.2 Å². The molecule has 0 unspecified atom stereocenters. The van der Waals surface area contributed by atoms with Gasteiger partial charge in [-0.05, 0) is 58.2 Å². The number of fused-ring (bicyclic) bond motifs is 1. The van der Waals surface area contributed by atoms with Crippen LogP contribution in [0.15, 0.2) is 45.8 Å². The van der Waals surface area contributed by atoms with Gasteiger partial charge in [-0.1, -0.05) is 24.6 Å². The Bertz CT molecular complexity index is 1070. The number of halogens is 2. The summed E-state index contributed by atoms with van der Waals surface area (Å²) in [5.41, 5.74) is 2.06. The lowest BCUT2D eigenvalue weighted by Crippen LogP contribution is -2.28. The van der Waals surface area contributed by atoms with E-state index in [4.69, 9.17) is 11.6 Å². The van der Waals surface area contributed by atoms with Crippen molar-refractivity contribution in [1.29, 1.82) is 0 Å². The molecule has 0 spiro atoms. The van der Waals surface area contributed by atoms with Gasteiger partial charge in [-0.15, -0.1) is 0 Å². The zero-order valence-electron chi connectivity index (χ0n) is 15.7. The minimum atomic E-state index is -3.74. The standard InChI is InChI=1S/C20H20BrClN2O4S/c1-2-20(26)24-8-6-13-10-16(21)18(12-17(13)24)29(27,28)9-7-19(25)23-15-5-3-4-14(22)11-15/h3-5,10-12H,2,6-9H2,1H3,(H,23,25). The fourth-order valence-electron chi connectivity index (χ4n) is 3.20. The number of nitrogens with one attached hydrogen (secondary N) is 1. The van der Waals surface area contributed by atoms with Crippen LogP contribution in [0, 0.1) is 0 Å². The van der Waals surface area contributed by atoms with Gasteiger partial charge in [0.1, 0.15) is 0 Å². The summed E-state index contributed by atoms with van der Waals surface area (Å²) in [4.78, 5) is 26.0. The molecule has 2 amide bonds. The first-order chi connectivity index (χ1) is 13.7. The molecule has 1 heterocycles. The molecule has 1 aliphatic heterocycles. The molecule has 1 aliphatic rings. The molecule has 2 aromatic carbocycles. The van der Waals surface area contributed by atoms with Crippen LogP contribution in [-0.4, -0.2) is 32.5 Å². The van der Waals surface area contributed by atoms with Gasteiger partial charge in [0.05, 0.1) is 10.6 Å². The second kappa shape index (κ2) is 8.85. The van der Waals surface area contributed by atoms with Crippen LogP contribution in [0.3, 0.4) is 0 Å². The minimum absolute atomic E-state index is 0.0460. The van der Waals surface area contributed by atoms with E-state index in [1.54, 1.807) is 42.2 Å². The highest BCUT2D eigenvalue weighted by atomic mass is 79.9. The Morgan fingerprint density at radius 3 is 2.69 bits per heavy atom. The Hall–Kier alpha value is -1.90. The van der Waals surface area contributed by atoms with E-state index >= 15 is 0 Å². The van der Waals surface area contributed by atoms with E-state index in [9.17, 15) is 18.0 Å². The molecule has 0 saturated heterocycles. The van der Waals surface area contributed by atoms with Crippen LogP contribution in [0.25, 0.3) is 0 Å².